The van der Waals surface area contributed by atoms with Crippen LogP contribution >= 0.6 is 31.2 Å². The Kier molecular flexibility index (Phi) is 28.6. The molecule has 0 aromatic carbocycles. The quantitative estimate of drug-likeness (QED) is 0.139. The predicted octanol–water partition coefficient (Wildman–Crippen LogP) is 29.8. The number of nitrogens with zero attached hydrogens (tertiary/aromatic N) is 12. The molecule has 0 aromatic heterocycles. The summed E-state index contributed by atoms with van der Waals surface area (Å²) >= 11 is 0. The van der Waals surface area contributed by atoms with E-state index in [4.69, 9.17) is 0 Å². The molecule has 0 fully saturated rings. The van der Waals surface area contributed by atoms with E-state index in [0.29, 0.717) is 0 Å². The van der Waals surface area contributed by atoms with Crippen LogP contribution in [0.15, 0.2) is 319 Å². The number of hydrogen-bond donors (Lipinski definition) is 0. The van der Waals surface area contributed by atoms with Gasteiger partial charge in [-0.2, -0.15) is 119 Å². The normalized spacial score (nSPS) is 24.8. The van der Waals surface area contributed by atoms with E-state index >= 15 is 0 Å². The van der Waals surface area contributed by atoms with Crippen LogP contribution in [0.4, 0.5) is 101 Å². The molecule has 0 saturated carbocycles. The summed E-state index contributed by atoms with van der Waals surface area (Å²) in [5, 5.41) is 46.6. The third kappa shape index (κ3) is 54.3. The fourth-order valence-electron chi connectivity index (χ4n) is 5.95. The van der Waals surface area contributed by atoms with E-state index in [1.54, 1.807) is 74.4 Å². The number of allylic oxidation sites excluding steroid dienone is 29. The minimum Gasteiger partial charge on any atom is 5.00 e. The standard InChI is InChI=1S/C14H11N4.4C10H8N2.4F6P.2Ru/c1-3-7-15-11(5-1)13-14(18-10-9-17-13)12-6-2-4-8-16-12;4*1-3-7-11-9(5-1)10-6-2-4-8-12-10;4*1-7(2,3,4,5)6;;/h1-11H;4*1-8H;;;;;;/q-3;4*-2;4*-1;+5;+6. The van der Waals surface area contributed by atoms with E-state index in [-0.39, 0.29) is 45.0 Å². The first kappa shape index (κ1) is 86.0. The van der Waals surface area contributed by atoms with E-state index in [0.717, 1.165) is 62.7 Å². The second kappa shape index (κ2) is 31.9. The molecule has 11 aliphatic heterocycles. The summed E-state index contributed by atoms with van der Waals surface area (Å²) in [6.45, 7) is 0. The topological polar surface area (TPSA) is 167 Å². The molecule has 11 heterocycles. The second-order valence-electron chi connectivity index (χ2n) is 17.4. The Labute approximate surface area is 557 Å². The average Bonchev–Trinajstić information content (AvgIpc) is 0.812. The van der Waals surface area contributed by atoms with Gasteiger partial charge in [0.15, 0.2) is 0 Å². The third-order valence-electron chi connectivity index (χ3n) is 9.02. The molecule has 12 nitrogen and oxygen atoms in total. The molecular weight excluding hydrogens is 1600 g/mol. The number of aliphatic imine (C=N–C) groups is 1. The van der Waals surface area contributed by atoms with Crippen LogP contribution in [0, 0.1) is 0 Å². The summed E-state index contributed by atoms with van der Waals surface area (Å²) in [5.41, 5.74) is 9.75. The van der Waals surface area contributed by atoms with Gasteiger partial charge in [0.2, 0.25) is 0 Å². The summed E-state index contributed by atoms with van der Waals surface area (Å²) in [5.74, 6) is 0. The SMILES string of the molecule is C1=C[N-]C(=C2C=CC=C[N-]2)C=C1.C1=C[N-]C(=C2C=CC=C[N-]2)C=C1.C1=C[N-]C(=C2C=CC=C[N-]2)C=C1.C1=C[N-]C(=C2C=CC=C[N-]2)C=C1.C1=C[N-]C(=C2[N-]C=CN=C2C2C=CC=C[N-]2)C=C1.F[P-](F)(F)(F)(F)F.F[P-](F)(F)(F)(F)F.F[P-](F)(F)(F)(F)F.F[P-](F)(F)(F)(F)F.[Ru+5].[Ru+6]. The summed E-state index contributed by atoms with van der Waals surface area (Å²) in [6.07, 6.45) is 79.0. The van der Waals surface area contributed by atoms with Crippen LogP contribution in [0.5, 0.6) is 0 Å². The Morgan fingerprint density at radius 2 is 0.427 bits per heavy atom. The van der Waals surface area contributed by atoms with E-state index < -0.39 is 31.2 Å². The Balaban J connectivity index is 0.000000550. The number of halogens is 24. The molecule has 0 aromatic rings. The molecular formula is C54H43F24N12P4Ru2-4. The maximum atomic E-state index is 9.87. The molecule has 1 unspecified atom stereocenters. The first-order chi connectivity index (χ1) is 42.6. The largest absolute Gasteiger partial charge is 6.00 e. The third-order valence-corrected chi connectivity index (χ3v) is 9.02. The van der Waals surface area contributed by atoms with Crippen molar-refractivity contribution in [3.63, 3.8) is 0 Å². The van der Waals surface area contributed by atoms with Gasteiger partial charge in [-0.25, -0.2) is 0 Å². The number of rotatable bonds is 1. The van der Waals surface area contributed by atoms with Crippen molar-refractivity contribution in [3.8, 4) is 0 Å². The van der Waals surface area contributed by atoms with Crippen molar-refractivity contribution in [2.24, 2.45) is 4.99 Å². The van der Waals surface area contributed by atoms with Crippen molar-refractivity contribution in [1.82, 2.24) is 0 Å². The van der Waals surface area contributed by atoms with Crippen LogP contribution in [0.1, 0.15) is 0 Å². The summed E-state index contributed by atoms with van der Waals surface area (Å²) in [4.78, 5) is 4.40. The molecule has 0 aliphatic carbocycles. The maximum Gasteiger partial charge on any atom is 6.00 e. The van der Waals surface area contributed by atoms with E-state index in [1.807, 2.05) is 182 Å². The van der Waals surface area contributed by atoms with Crippen LogP contribution in [0.3, 0.4) is 0 Å². The molecule has 0 spiro atoms. The molecule has 527 valence electrons. The van der Waals surface area contributed by atoms with Gasteiger partial charge < -0.3 is 58.5 Å². The van der Waals surface area contributed by atoms with Gasteiger partial charge in [0.05, 0.1) is 0 Å². The fraction of sp³-hybridized carbons (Fsp3) is 0.0185. The van der Waals surface area contributed by atoms with Crippen molar-refractivity contribution in [1.29, 1.82) is 0 Å². The van der Waals surface area contributed by atoms with Gasteiger partial charge in [-0.3, -0.25) is 4.99 Å². The summed E-state index contributed by atoms with van der Waals surface area (Å²) < 4.78 is 237. The van der Waals surface area contributed by atoms with Crippen molar-refractivity contribution in [2.45, 2.75) is 6.04 Å². The van der Waals surface area contributed by atoms with Gasteiger partial charge in [0.1, 0.15) is 0 Å². The smallest absolute Gasteiger partial charge is 5.00 e. The first-order valence-corrected chi connectivity index (χ1v) is 33.0. The first-order valence-electron chi connectivity index (χ1n) is 24.9. The molecule has 0 N–H and O–H groups in total. The maximum absolute atomic E-state index is 10.7. The van der Waals surface area contributed by atoms with Gasteiger partial charge >= 0.3 is 171 Å². The van der Waals surface area contributed by atoms with Gasteiger partial charge in [0, 0.05) is 11.9 Å². The zero-order chi connectivity index (χ0) is 70.7. The van der Waals surface area contributed by atoms with E-state index in [9.17, 15) is 101 Å². The molecule has 1 radical (unpaired) electrons. The Hall–Kier alpha value is -8.00. The second-order valence-corrected chi connectivity index (χ2v) is 25.0. The van der Waals surface area contributed by atoms with Gasteiger partial charge in [0.25, 0.3) is 0 Å². The van der Waals surface area contributed by atoms with Crippen LogP contribution in [0.25, 0.3) is 58.5 Å². The van der Waals surface area contributed by atoms with Gasteiger partial charge in [-0.1, -0.05) is 188 Å². The van der Waals surface area contributed by atoms with Crippen LogP contribution in [-0.2, 0) is 39.0 Å². The Morgan fingerprint density at radius 1 is 0.240 bits per heavy atom. The Morgan fingerprint density at radius 3 is 0.594 bits per heavy atom. The van der Waals surface area contributed by atoms with Crippen LogP contribution in [0.2, 0.25) is 0 Å². The molecule has 0 bridgehead atoms. The Bertz CT molecular complexity index is 3110. The van der Waals surface area contributed by atoms with Crippen LogP contribution < -0.4 is 0 Å². The van der Waals surface area contributed by atoms with E-state index in [1.165, 1.54) is 0 Å². The van der Waals surface area contributed by atoms with Crippen LogP contribution in [-0.4, -0.2) is 11.8 Å². The molecule has 42 heteroatoms. The zero-order valence-electron chi connectivity index (χ0n) is 47.3. The minimum absolute atomic E-state index is 0. The monoisotopic (exact) mass is 1640 g/mol. The fourth-order valence-corrected chi connectivity index (χ4v) is 5.95. The summed E-state index contributed by atoms with van der Waals surface area (Å²) in [7, 11) is -42.6. The van der Waals surface area contributed by atoms with Crippen molar-refractivity contribution >= 4 is 36.9 Å². The average molecular weight is 1640 g/mol. The molecule has 11 rings (SSSR count). The van der Waals surface area contributed by atoms with Crippen molar-refractivity contribution in [2.75, 3.05) is 0 Å². The molecule has 0 amide bonds. The molecule has 11 aliphatic rings. The minimum atomic E-state index is -10.7. The van der Waals surface area contributed by atoms with Gasteiger partial charge in [-0.05, 0) is 0 Å². The molecule has 0 saturated heterocycles. The summed E-state index contributed by atoms with van der Waals surface area (Å²) in [6, 6.07) is -0.0827. The predicted molar refractivity (Wildman–Crippen MR) is 330 cm³/mol. The number of hydrogen-bond acceptors (Lipinski definition) is 1. The van der Waals surface area contributed by atoms with Crippen molar-refractivity contribution < 1.29 is 140 Å². The molecule has 96 heavy (non-hydrogen) atoms. The van der Waals surface area contributed by atoms with Gasteiger partial charge in [-0.15, -0.1) is 5.70 Å². The van der Waals surface area contributed by atoms with Crippen molar-refractivity contribution in [3.05, 3.63) is 372 Å². The zero-order valence-corrected chi connectivity index (χ0v) is 54.3. The van der Waals surface area contributed by atoms with E-state index in [2.05, 4.69) is 63.5 Å². The molecule has 1 atom stereocenters.